The number of carbonyl (C=O) groups is 3. The smallest absolute Gasteiger partial charge is 0.306 e. The molecule has 0 fully saturated rings. The molecule has 0 aromatic heterocycles. The highest BCUT2D eigenvalue weighted by Crippen LogP contribution is 2.17. The van der Waals surface area contributed by atoms with Gasteiger partial charge in [0.05, 0.1) is 0 Å². The Kier molecular flexibility index (Phi) is 58.2. The van der Waals surface area contributed by atoms with Gasteiger partial charge in [0.15, 0.2) is 6.10 Å². The summed E-state index contributed by atoms with van der Waals surface area (Å²) in [5, 5.41) is 0. The maximum absolute atomic E-state index is 12.8. The summed E-state index contributed by atoms with van der Waals surface area (Å²) in [6, 6.07) is 0. The van der Waals surface area contributed by atoms with Gasteiger partial charge < -0.3 is 14.2 Å². The van der Waals surface area contributed by atoms with Gasteiger partial charge in [-0.25, -0.2) is 0 Å². The number of hydrogen-bond acceptors (Lipinski definition) is 6. The summed E-state index contributed by atoms with van der Waals surface area (Å²) in [5.74, 6) is -0.894. The van der Waals surface area contributed by atoms with Crippen molar-refractivity contribution in [2.45, 2.75) is 329 Å². The predicted octanol–water partition coefficient (Wildman–Crippen LogP) is 21.2. The van der Waals surface area contributed by atoms with Gasteiger partial charge in [-0.15, -0.1) is 0 Å². The Labute approximate surface area is 447 Å². The first-order valence-electron chi connectivity index (χ1n) is 31.3. The van der Waals surface area contributed by atoms with Crippen LogP contribution < -0.4 is 0 Å². The average molecular weight is 1010 g/mol. The summed E-state index contributed by atoms with van der Waals surface area (Å²) in [7, 11) is 0. The molecule has 0 heterocycles. The minimum atomic E-state index is -0.782. The molecule has 0 aliphatic heterocycles. The zero-order valence-corrected chi connectivity index (χ0v) is 47.9. The summed E-state index contributed by atoms with van der Waals surface area (Å²) < 4.78 is 16.8. The van der Waals surface area contributed by atoms with E-state index in [1.165, 1.54) is 173 Å². The highest BCUT2D eigenvalue weighted by Gasteiger charge is 2.19. The SMILES string of the molecule is CCC/C=C\C/C=C\CCCCCCCC(=O)OC(COC(=O)CCCCCCC/C=C\CCC)COC(=O)CCCCCCCCCCCCCCCCCCCCC/C=C\C/C=C\CCCCCCC. The lowest BCUT2D eigenvalue weighted by atomic mass is 10.0. The van der Waals surface area contributed by atoms with Crippen LogP contribution in [-0.4, -0.2) is 37.2 Å². The standard InChI is InChI=1S/C66H118O6/c1-4-7-10-13-16-19-22-24-25-26-27-28-29-30-31-32-33-34-35-36-37-38-39-40-41-43-44-47-50-53-56-59-65(68)71-62-63(61-70-64(67)58-55-52-49-46-21-18-15-12-9-6-3)72-66(69)60-57-54-51-48-45-42-23-20-17-14-11-8-5-2/h11-12,14-15,20,22-24,26-27,63H,4-10,13,16-19,21,25,28-62H2,1-3H3/b14-11-,15-12-,23-20-,24-22-,27-26-. The van der Waals surface area contributed by atoms with Crippen LogP contribution in [0.3, 0.4) is 0 Å². The topological polar surface area (TPSA) is 78.9 Å². The van der Waals surface area contributed by atoms with E-state index in [1.54, 1.807) is 0 Å². The number of hydrogen-bond donors (Lipinski definition) is 0. The molecule has 1 unspecified atom stereocenters. The van der Waals surface area contributed by atoms with Crippen molar-refractivity contribution in [2.75, 3.05) is 13.2 Å². The molecule has 6 nitrogen and oxygen atoms in total. The fraction of sp³-hybridized carbons (Fsp3) is 0.803. The molecule has 0 amide bonds. The van der Waals surface area contributed by atoms with Crippen LogP contribution >= 0.6 is 0 Å². The number of carbonyl (C=O) groups excluding carboxylic acids is 3. The van der Waals surface area contributed by atoms with Crippen molar-refractivity contribution in [3.8, 4) is 0 Å². The van der Waals surface area contributed by atoms with Gasteiger partial charge in [0.2, 0.25) is 0 Å². The first-order chi connectivity index (χ1) is 35.5. The van der Waals surface area contributed by atoms with Crippen molar-refractivity contribution in [3.05, 3.63) is 60.8 Å². The van der Waals surface area contributed by atoms with Crippen molar-refractivity contribution in [3.63, 3.8) is 0 Å². The third kappa shape index (κ3) is 58.0. The van der Waals surface area contributed by atoms with Crippen molar-refractivity contribution >= 4 is 17.9 Å². The Bertz CT molecular complexity index is 1290. The quantitative estimate of drug-likeness (QED) is 0.0261. The average Bonchev–Trinajstić information content (AvgIpc) is 3.38. The Morgan fingerprint density at radius 1 is 0.278 bits per heavy atom. The molecule has 0 aromatic carbocycles. The fourth-order valence-electron chi connectivity index (χ4n) is 8.99. The Morgan fingerprint density at radius 2 is 0.528 bits per heavy atom. The van der Waals surface area contributed by atoms with E-state index in [1.807, 2.05) is 0 Å². The first kappa shape index (κ1) is 69.1. The zero-order chi connectivity index (χ0) is 52.2. The van der Waals surface area contributed by atoms with E-state index in [-0.39, 0.29) is 31.1 Å². The fourth-order valence-corrected chi connectivity index (χ4v) is 8.99. The second-order valence-electron chi connectivity index (χ2n) is 21.0. The minimum Gasteiger partial charge on any atom is -0.462 e. The molecule has 72 heavy (non-hydrogen) atoms. The predicted molar refractivity (Wildman–Crippen MR) is 312 cm³/mol. The molecule has 1 atom stereocenters. The molecule has 0 bridgehead atoms. The molecule has 0 N–H and O–H groups in total. The maximum atomic E-state index is 12.8. The van der Waals surface area contributed by atoms with E-state index in [4.69, 9.17) is 14.2 Å². The first-order valence-corrected chi connectivity index (χ1v) is 31.3. The van der Waals surface area contributed by atoms with Gasteiger partial charge >= 0.3 is 17.9 Å². The summed E-state index contributed by atoms with van der Waals surface area (Å²) in [5.41, 5.74) is 0. The lowest BCUT2D eigenvalue weighted by Crippen LogP contribution is -2.30. The van der Waals surface area contributed by atoms with Crippen LogP contribution in [-0.2, 0) is 28.6 Å². The van der Waals surface area contributed by atoms with Crippen LogP contribution in [0.2, 0.25) is 0 Å². The third-order valence-electron chi connectivity index (χ3n) is 13.7. The van der Waals surface area contributed by atoms with Crippen LogP contribution in [0.25, 0.3) is 0 Å². The van der Waals surface area contributed by atoms with Crippen LogP contribution in [0.1, 0.15) is 323 Å². The van der Waals surface area contributed by atoms with E-state index < -0.39 is 6.10 Å². The van der Waals surface area contributed by atoms with Gasteiger partial charge in [-0.3, -0.25) is 14.4 Å². The molecule has 0 spiro atoms. The van der Waals surface area contributed by atoms with Crippen molar-refractivity contribution in [1.29, 1.82) is 0 Å². The Balaban J connectivity index is 4.06. The molecule has 6 heteroatoms. The highest BCUT2D eigenvalue weighted by atomic mass is 16.6. The molecule has 0 saturated carbocycles. The summed E-state index contributed by atoms with van der Waals surface area (Å²) >= 11 is 0. The molecule has 0 aliphatic carbocycles. The number of rotatable bonds is 57. The van der Waals surface area contributed by atoms with Crippen LogP contribution in [0.4, 0.5) is 0 Å². The van der Waals surface area contributed by atoms with Crippen LogP contribution in [0, 0.1) is 0 Å². The Hall–Kier alpha value is -2.89. The van der Waals surface area contributed by atoms with Crippen LogP contribution in [0.15, 0.2) is 60.8 Å². The van der Waals surface area contributed by atoms with E-state index in [2.05, 4.69) is 81.5 Å². The van der Waals surface area contributed by atoms with Crippen LogP contribution in [0.5, 0.6) is 0 Å². The lowest BCUT2D eigenvalue weighted by molar-refractivity contribution is -0.167. The second-order valence-corrected chi connectivity index (χ2v) is 21.0. The third-order valence-corrected chi connectivity index (χ3v) is 13.7. The molecule has 0 aliphatic rings. The molecule has 0 rings (SSSR count). The normalized spacial score (nSPS) is 12.4. The monoisotopic (exact) mass is 1010 g/mol. The van der Waals surface area contributed by atoms with E-state index in [0.29, 0.717) is 19.3 Å². The molecule has 0 aromatic rings. The molecule has 0 saturated heterocycles. The molecule has 0 radical (unpaired) electrons. The van der Waals surface area contributed by atoms with Gasteiger partial charge in [-0.1, -0.05) is 268 Å². The second kappa shape index (κ2) is 60.7. The van der Waals surface area contributed by atoms with Crippen molar-refractivity contribution in [2.24, 2.45) is 0 Å². The van der Waals surface area contributed by atoms with Gasteiger partial charge in [0.1, 0.15) is 13.2 Å². The maximum Gasteiger partial charge on any atom is 0.306 e. The molecule has 418 valence electrons. The van der Waals surface area contributed by atoms with Gasteiger partial charge in [0, 0.05) is 19.3 Å². The van der Waals surface area contributed by atoms with Gasteiger partial charge in [-0.2, -0.15) is 0 Å². The largest absolute Gasteiger partial charge is 0.462 e. The summed E-state index contributed by atoms with van der Waals surface area (Å²) in [4.78, 5) is 38.1. The van der Waals surface area contributed by atoms with Crippen molar-refractivity contribution < 1.29 is 28.6 Å². The molecular weight excluding hydrogens is 889 g/mol. The minimum absolute atomic E-state index is 0.0801. The Morgan fingerprint density at radius 3 is 0.847 bits per heavy atom. The van der Waals surface area contributed by atoms with Gasteiger partial charge in [0.25, 0.3) is 0 Å². The highest BCUT2D eigenvalue weighted by molar-refractivity contribution is 5.71. The van der Waals surface area contributed by atoms with Gasteiger partial charge in [-0.05, 0) is 96.3 Å². The zero-order valence-electron chi connectivity index (χ0n) is 47.9. The summed E-state index contributed by atoms with van der Waals surface area (Å²) in [6.07, 6.45) is 76.8. The number of ether oxygens (including phenoxy) is 3. The number of allylic oxidation sites excluding steroid dienone is 10. The lowest BCUT2D eigenvalue weighted by Gasteiger charge is -2.18. The van der Waals surface area contributed by atoms with E-state index in [0.717, 1.165) is 109 Å². The van der Waals surface area contributed by atoms with E-state index >= 15 is 0 Å². The number of esters is 3. The van der Waals surface area contributed by atoms with E-state index in [9.17, 15) is 14.4 Å². The molecular formula is C66H118O6. The van der Waals surface area contributed by atoms with Crippen molar-refractivity contribution in [1.82, 2.24) is 0 Å². The number of unbranched alkanes of at least 4 members (excludes halogenated alkanes) is 36. The summed E-state index contributed by atoms with van der Waals surface area (Å²) in [6.45, 7) is 6.51.